The number of sulfonamides is 1. The van der Waals surface area contributed by atoms with E-state index in [9.17, 15) is 17.6 Å². The summed E-state index contributed by atoms with van der Waals surface area (Å²) in [6, 6.07) is 7.71. The van der Waals surface area contributed by atoms with E-state index in [0.717, 1.165) is 22.3 Å². The summed E-state index contributed by atoms with van der Waals surface area (Å²) in [7, 11) is -3.51. The predicted molar refractivity (Wildman–Crippen MR) is 111 cm³/mol. The van der Waals surface area contributed by atoms with Gasteiger partial charge in [0, 0.05) is 17.5 Å². The maximum atomic E-state index is 13.2. The Labute approximate surface area is 170 Å². The summed E-state index contributed by atoms with van der Waals surface area (Å²) in [6.07, 6.45) is 1.74. The molecule has 0 aliphatic rings. The maximum absolute atomic E-state index is 13.2. The molecule has 1 atom stereocenters. The molecule has 0 fully saturated rings. The SMILES string of the molecule is CC[C@@H](C)N(CC(=O)N(Cc1ccc(F)cc1)Cc1sccc1C)S(C)(=O)=O. The topological polar surface area (TPSA) is 57.7 Å². The Kier molecular flexibility index (Phi) is 7.74. The molecule has 1 amide bonds. The molecule has 8 heteroatoms. The summed E-state index contributed by atoms with van der Waals surface area (Å²) in [5.74, 6) is -0.612. The zero-order valence-corrected chi connectivity index (χ0v) is 18.3. The molecule has 28 heavy (non-hydrogen) atoms. The number of aryl methyl sites for hydroxylation is 1. The van der Waals surface area contributed by atoms with Crippen molar-refractivity contribution < 1.29 is 17.6 Å². The van der Waals surface area contributed by atoms with E-state index in [1.54, 1.807) is 35.3 Å². The molecule has 0 spiro atoms. The van der Waals surface area contributed by atoms with Crippen molar-refractivity contribution >= 4 is 27.3 Å². The van der Waals surface area contributed by atoms with Crippen LogP contribution in [-0.4, -0.2) is 42.4 Å². The van der Waals surface area contributed by atoms with Crippen LogP contribution >= 0.6 is 11.3 Å². The largest absolute Gasteiger partial charge is 0.332 e. The maximum Gasteiger partial charge on any atom is 0.238 e. The van der Waals surface area contributed by atoms with Crippen molar-refractivity contribution in [1.82, 2.24) is 9.21 Å². The van der Waals surface area contributed by atoms with Crippen LogP contribution in [0, 0.1) is 12.7 Å². The predicted octanol–water partition coefficient (Wildman–Crippen LogP) is 3.78. The number of thiophene rings is 1. The Hall–Kier alpha value is -1.77. The normalized spacial score (nSPS) is 12.9. The Morgan fingerprint density at radius 1 is 1.18 bits per heavy atom. The zero-order chi connectivity index (χ0) is 20.9. The van der Waals surface area contributed by atoms with E-state index < -0.39 is 10.0 Å². The molecule has 0 unspecified atom stereocenters. The summed E-state index contributed by atoms with van der Waals surface area (Å²) in [5.41, 5.74) is 1.88. The molecule has 1 aromatic carbocycles. The zero-order valence-electron chi connectivity index (χ0n) is 16.7. The van der Waals surface area contributed by atoms with Crippen LogP contribution < -0.4 is 0 Å². The van der Waals surface area contributed by atoms with Gasteiger partial charge in [-0.25, -0.2) is 12.8 Å². The Bertz CT molecular complexity index is 894. The average Bonchev–Trinajstić information content (AvgIpc) is 3.03. The average molecular weight is 427 g/mol. The number of amides is 1. The molecule has 1 heterocycles. The fraction of sp³-hybridized carbons (Fsp3) is 0.450. The number of hydrogen-bond acceptors (Lipinski definition) is 4. The van der Waals surface area contributed by atoms with Crippen LogP contribution in [0.25, 0.3) is 0 Å². The minimum atomic E-state index is -3.51. The standard InChI is InChI=1S/C20H27FN2O3S2/c1-5-16(3)23(28(4,25)26)14-20(24)22(13-19-15(2)10-11-27-19)12-17-6-8-18(21)9-7-17/h6-11,16H,5,12-14H2,1-4H3/t16-/m1/s1. The molecule has 5 nitrogen and oxygen atoms in total. The number of carbonyl (C=O) groups is 1. The van der Waals surface area contributed by atoms with Gasteiger partial charge in [0.1, 0.15) is 5.82 Å². The van der Waals surface area contributed by atoms with Crippen LogP contribution in [0.5, 0.6) is 0 Å². The lowest BCUT2D eigenvalue weighted by molar-refractivity contribution is -0.133. The second kappa shape index (κ2) is 9.62. The van der Waals surface area contributed by atoms with Gasteiger partial charge in [0.25, 0.3) is 0 Å². The van der Waals surface area contributed by atoms with E-state index in [1.165, 1.54) is 16.4 Å². The van der Waals surface area contributed by atoms with E-state index in [0.29, 0.717) is 13.0 Å². The minimum Gasteiger partial charge on any atom is -0.332 e. The van der Waals surface area contributed by atoms with Crippen molar-refractivity contribution in [1.29, 1.82) is 0 Å². The van der Waals surface area contributed by atoms with Crippen LogP contribution in [-0.2, 0) is 27.9 Å². The summed E-state index contributed by atoms with van der Waals surface area (Å²) in [5, 5.41) is 1.97. The third-order valence-corrected chi connectivity index (χ3v) is 7.09. The van der Waals surface area contributed by atoms with E-state index >= 15 is 0 Å². The molecule has 2 aromatic rings. The lowest BCUT2D eigenvalue weighted by Gasteiger charge is -2.29. The van der Waals surface area contributed by atoms with Gasteiger partial charge < -0.3 is 4.90 Å². The number of nitrogens with zero attached hydrogens (tertiary/aromatic N) is 2. The van der Waals surface area contributed by atoms with Gasteiger partial charge >= 0.3 is 0 Å². The molecular formula is C20H27FN2O3S2. The van der Waals surface area contributed by atoms with E-state index in [4.69, 9.17) is 0 Å². The minimum absolute atomic E-state index is 0.209. The summed E-state index contributed by atoms with van der Waals surface area (Å²) >= 11 is 1.56. The van der Waals surface area contributed by atoms with E-state index in [1.807, 2.05) is 25.3 Å². The highest BCUT2D eigenvalue weighted by Gasteiger charge is 2.27. The first kappa shape index (κ1) is 22.5. The fourth-order valence-corrected chi connectivity index (χ4v) is 4.89. The van der Waals surface area contributed by atoms with Crippen molar-refractivity contribution in [3.05, 3.63) is 57.5 Å². The second-order valence-electron chi connectivity index (χ2n) is 6.97. The second-order valence-corrected chi connectivity index (χ2v) is 9.90. The van der Waals surface area contributed by atoms with Gasteiger partial charge in [-0.3, -0.25) is 4.79 Å². The summed E-state index contributed by atoms with van der Waals surface area (Å²) in [4.78, 5) is 15.8. The Morgan fingerprint density at radius 2 is 1.82 bits per heavy atom. The van der Waals surface area contributed by atoms with Gasteiger partial charge in [0.05, 0.1) is 19.3 Å². The molecular weight excluding hydrogens is 399 g/mol. The Balaban J connectivity index is 2.26. The quantitative estimate of drug-likeness (QED) is 0.613. The van der Waals surface area contributed by atoms with Gasteiger partial charge in [-0.15, -0.1) is 11.3 Å². The Morgan fingerprint density at radius 3 is 2.32 bits per heavy atom. The van der Waals surface area contributed by atoms with E-state index in [-0.39, 0.29) is 30.9 Å². The van der Waals surface area contributed by atoms with Gasteiger partial charge in [-0.05, 0) is 55.0 Å². The molecule has 0 aliphatic heterocycles. The third-order valence-electron chi connectivity index (χ3n) is 4.74. The highest BCUT2D eigenvalue weighted by Crippen LogP contribution is 2.20. The van der Waals surface area contributed by atoms with Gasteiger partial charge in [-0.2, -0.15) is 4.31 Å². The van der Waals surface area contributed by atoms with Crippen molar-refractivity contribution in [2.45, 2.75) is 46.3 Å². The fourth-order valence-electron chi connectivity index (χ4n) is 2.82. The number of halogens is 1. The number of rotatable bonds is 9. The molecule has 0 saturated carbocycles. The first-order valence-corrected chi connectivity index (χ1v) is 11.9. The summed E-state index contributed by atoms with van der Waals surface area (Å²) < 4.78 is 38.8. The lowest BCUT2D eigenvalue weighted by atomic mass is 10.2. The van der Waals surface area contributed by atoms with Crippen LogP contribution in [0.15, 0.2) is 35.7 Å². The molecule has 0 radical (unpaired) electrons. The molecule has 0 N–H and O–H groups in total. The van der Waals surface area contributed by atoms with Crippen LogP contribution in [0.4, 0.5) is 4.39 Å². The van der Waals surface area contributed by atoms with Gasteiger partial charge in [0.15, 0.2) is 0 Å². The number of carbonyl (C=O) groups excluding carboxylic acids is 1. The highest BCUT2D eigenvalue weighted by atomic mass is 32.2. The molecule has 0 aliphatic carbocycles. The third kappa shape index (κ3) is 6.12. The smallest absolute Gasteiger partial charge is 0.238 e. The van der Waals surface area contributed by atoms with Crippen molar-refractivity contribution in [2.75, 3.05) is 12.8 Å². The molecule has 0 bridgehead atoms. The molecule has 0 saturated heterocycles. The van der Waals surface area contributed by atoms with Crippen LogP contribution in [0.2, 0.25) is 0 Å². The van der Waals surface area contributed by atoms with Gasteiger partial charge in [-0.1, -0.05) is 19.1 Å². The highest BCUT2D eigenvalue weighted by molar-refractivity contribution is 7.88. The molecule has 154 valence electrons. The van der Waals surface area contributed by atoms with Gasteiger partial charge in [0.2, 0.25) is 15.9 Å². The van der Waals surface area contributed by atoms with E-state index in [2.05, 4.69) is 0 Å². The van der Waals surface area contributed by atoms with Crippen molar-refractivity contribution in [3.8, 4) is 0 Å². The number of benzene rings is 1. The lowest BCUT2D eigenvalue weighted by Crippen LogP contribution is -2.45. The van der Waals surface area contributed by atoms with Crippen LogP contribution in [0.1, 0.15) is 36.3 Å². The molecule has 1 aromatic heterocycles. The summed E-state index contributed by atoms with van der Waals surface area (Å²) in [6.45, 7) is 6.13. The monoisotopic (exact) mass is 426 g/mol. The van der Waals surface area contributed by atoms with Crippen molar-refractivity contribution in [3.63, 3.8) is 0 Å². The molecule has 2 rings (SSSR count). The first-order chi connectivity index (χ1) is 13.1. The first-order valence-electron chi connectivity index (χ1n) is 9.13. The number of hydrogen-bond donors (Lipinski definition) is 0. The van der Waals surface area contributed by atoms with Crippen molar-refractivity contribution in [2.24, 2.45) is 0 Å². The van der Waals surface area contributed by atoms with Crippen LogP contribution in [0.3, 0.4) is 0 Å².